The van der Waals surface area contributed by atoms with Crippen LogP contribution in [-0.4, -0.2) is 15.7 Å². The molecule has 1 N–H and O–H groups in total. The number of nitriles is 1. The Hall–Kier alpha value is -4.22. The zero-order chi connectivity index (χ0) is 19.1. The average molecular weight is 359 g/mol. The molecule has 1 aliphatic heterocycles. The van der Waals surface area contributed by atoms with E-state index in [2.05, 4.69) is 20.9 Å². The summed E-state index contributed by atoms with van der Waals surface area (Å²) in [6, 6.07) is 21.3. The van der Waals surface area contributed by atoms with Gasteiger partial charge in [-0.3, -0.25) is 4.99 Å². The summed E-state index contributed by atoms with van der Waals surface area (Å²) in [5.74, 6) is 0.773. The van der Waals surface area contributed by atoms with Gasteiger partial charge in [0.2, 0.25) is 0 Å². The number of fused-ring (bicyclic) bond motifs is 2. The first kappa shape index (κ1) is 16.0. The maximum absolute atomic E-state index is 9.04. The monoisotopic (exact) mass is 359 g/mol. The fourth-order valence-corrected chi connectivity index (χ4v) is 3.46. The van der Waals surface area contributed by atoms with Gasteiger partial charge in [0.1, 0.15) is 5.82 Å². The highest BCUT2D eigenvalue weighted by Gasteiger charge is 2.16. The maximum Gasteiger partial charge on any atom is 0.187 e. The van der Waals surface area contributed by atoms with E-state index < -0.39 is 0 Å². The lowest BCUT2D eigenvalue weighted by molar-refractivity contribution is 1.33. The lowest BCUT2D eigenvalue weighted by Crippen LogP contribution is -2.00. The SMILES string of the molecule is [C-]#[N+]c1ccc2c(c1)CC(c1ccc(-c3nc4ccc(C#N)cc4[nH]3)cc1)=N2. The first-order valence-corrected chi connectivity index (χ1v) is 8.82. The topological polar surface area (TPSA) is 69.2 Å². The first-order valence-electron chi connectivity index (χ1n) is 8.82. The number of aliphatic imine (C=N–C) groups is 1. The van der Waals surface area contributed by atoms with Gasteiger partial charge in [-0.05, 0) is 35.4 Å². The van der Waals surface area contributed by atoms with Gasteiger partial charge in [-0.25, -0.2) is 9.83 Å². The minimum Gasteiger partial charge on any atom is -0.338 e. The fourth-order valence-electron chi connectivity index (χ4n) is 3.46. The van der Waals surface area contributed by atoms with Crippen molar-refractivity contribution in [2.24, 2.45) is 4.99 Å². The highest BCUT2D eigenvalue weighted by atomic mass is 14.9. The Balaban J connectivity index is 1.44. The summed E-state index contributed by atoms with van der Waals surface area (Å²) >= 11 is 0. The van der Waals surface area contributed by atoms with E-state index in [1.54, 1.807) is 12.1 Å². The van der Waals surface area contributed by atoms with Crippen molar-refractivity contribution in [2.75, 3.05) is 0 Å². The van der Waals surface area contributed by atoms with Crippen molar-refractivity contribution >= 4 is 28.1 Å². The molecule has 0 spiro atoms. The summed E-state index contributed by atoms with van der Waals surface area (Å²) in [5.41, 5.74) is 8.03. The number of imidazole rings is 1. The van der Waals surface area contributed by atoms with Crippen molar-refractivity contribution < 1.29 is 0 Å². The lowest BCUT2D eigenvalue weighted by Gasteiger charge is -2.02. The molecule has 0 saturated heterocycles. The molecule has 1 aliphatic rings. The third kappa shape index (κ3) is 2.63. The molecule has 3 aromatic carbocycles. The van der Waals surface area contributed by atoms with E-state index in [0.29, 0.717) is 11.3 Å². The van der Waals surface area contributed by atoms with Crippen LogP contribution in [-0.2, 0) is 6.42 Å². The molecular formula is C23H13N5. The molecule has 0 radical (unpaired) electrons. The van der Waals surface area contributed by atoms with Gasteiger partial charge >= 0.3 is 0 Å². The maximum atomic E-state index is 9.04. The number of aromatic nitrogens is 2. The average Bonchev–Trinajstić information content (AvgIpc) is 3.36. The Kier molecular flexibility index (Phi) is 3.54. The van der Waals surface area contributed by atoms with Crippen LogP contribution in [0.15, 0.2) is 65.7 Å². The first-order chi connectivity index (χ1) is 13.7. The number of rotatable bonds is 2. The van der Waals surface area contributed by atoms with Gasteiger partial charge in [0.15, 0.2) is 5.69 Å². The zero-order valence-electron chi connectivity index (χ0n) is 14.8. The van der Waals surface area contributed by atoms with Crippen LogP contribution in [0.4, 0.5) is 11.4 Å². The smallest absolute Gasteiger partial charge is 0.187 e. The van der Waals surface area contributed by atoms with Crippen LogP contribution < -0.4 is 0 Å². The molecule has 0 amide bonds. The molecular weight excluding hydrogens is 346 g/mol. The number of hydrogen-bond acceptors (Lipinski definition) is 3. The molecule has 5 rings (SSSR count). The van der Waals surface area contributed by atoms with Crippen LogP contribution >= 0.6 is 0 Å². The Morgan fingerprint density at radius 2 is 1.82 bits per heavy atom. The molecule has 130 valence electrons. The highest BCUT2D eigenvalue weighted by Crippen LogP contribution is 2.32. The zero-order valence-corrected chi connectivity index (χ0v) is 14.8. The van der Waals surface area contributed by atoms with Crippen molar-refractivity contribution in [2.45, 2.75) is 6.42 Å². The largest absolute Gasteiger partial charge is 0.338 e. The summed E-state index contributed by atoms with van der Waals surface area (Å²) in [4.78, 5) is 16.1. The van der Waals surface area contributed by atoms with Crippen LogP contribution in [0.25, 0.3) is 27.3 Å². The van der Waals surface area contributed by atoms with Gasteiger partial charge in [-0.2, -0.15) is 5.26 Å². The Bertz CT molecular complexity index is 1340. The second-order valence-corrected chi connectivity index (χ2v) is 6.67. The number of H-pyrrole nitrogens is 1. The van der Waals surface area contributed by atoms with E-state index in [4.69, 9.17) is 16.8 Å². The molecule has 4 aromatic rings. The van der Waals surface area contributed by atoms with Crippen molar-refractivity contribution in [1.29, 1.82) is 5.26 Å². The number of aromatic amines is 1. The summed E-state index contributed by atoms with van der Waals surface area (Å²) in [6.45, 7) is 7.15. The van der Waals surface area contributed by atoms with Gasteiger partial charge in [0.25, 0.3) is 0 Å². The minimum atomic E-state index is 0.609. The summed E-state index contributed by atoms with van der Waals surface area (Å²) in [7, 11) is 0. The normalized spacial score (nSPS) is 12.3. The fraction of sp³-hybridized carbons (Fsp3) is 0.0435. The molecule has 5 nitrogen and oxygen atoms in total. The van der Waals surface area contributed by atoms with Gasteiger partial charge in [-0.1, -0.05) is 36.4 Å². The summed E-state index contributed by atoms with van der Waals surface area (Å²) < 4.78 is 0. The van der Waals surface area contributed by atoms with E-state index in [-0.39, 0.29) is 0 Å². The molecule has 5 heteroatoms. The van der Waals surface area contributed by atoms with Crippen molar-refractivity contribution in [3.8, 4) is 17.5 Å². The number of hydrogen-bond donors (Lipinski definition) is 1. The van der Waals surface area contributed by atoms with E-state index in [1.807, 2.05) is 48.5 Å². The van der Waals surface area contributed by atoms with E-state index in [0.717, 1.165) is 51.4 Å². The van der Waals surface area contributed by atoms with Crippen LogP contribution in [0.5, 0.6) is 0 Å². The Morgan fingerprint density at radius 3 is 2.61 bits per heavy atom. The second-order valence-electron chi connectivity index (χ2n) is 6.67. The molecule has 28 heavy (non-hydrogen) atoms. The van der Waals surface area contributed by atoms with Crippen LogP contribution in [0.3, 0.4) is 0 Å². The molecule has 0 unspecified atom stereocenters. The number of nitrogens with zero attached hydrogens (tertiary/aromatic N) is 4. The number of benzene rings is 3. The molecule has 2 heterocycles. The van der Waals surface area contributed by atoms with Gasteiger partial charge < -0.3 is 4.98 Å². The van der Waals surface area contributed by atoms with Gasteiger partial charge in [0, 0.05) is 12.0 Å². The van der Waals surface area contributed by atoms with E-state index in [9.17, 15) is 0 Å². The molecule has 0 saturated carbocycles. The molecule has 1 aromatic heterocycles. The highest BCUT2D eigenvalue weighted by molar-refractivity contribution is 6.07. The number of nitrogens with one attached hydrogen (secondary N) is 1. The van der Waals surface area contributed by atoms with Crippen LogP contribution in [0.1, 0.15) is 16.7 Å². The molecule has 0 atom stereocenters. The third-order valence-electron chi connectivity index (χ3n) is 4.91. The van der Waals surface area contributed by atoms with Crippen LogP contribution in [0, 0.1) is 17.9 Å². The van der Waals surface area contributed by atoms with Crippen molar-refractivity contribution in [1.82, 2.24) is 9.97 Å². The van der Waals surface area contributed by atoms with E-state index in [1.165, 1.54) is 0 Å². The van der Waals surface area contributed by atoms with Crippen molar-refractivity contribution in [3.63, 3.8) is 0 Å². The van der Waals surface area contributed by atoms with E-state index >= 15 is 0 Å². The van der Waals surface area contributed by atoms with Crippen LogP contribution in [0.2, 0.25) is 0 Å². The quantitative estimate of drug-likeness (QED) is 0.492. The lowest BCUT2D eigenvalue weighted by atomic mass is 10.0. The molecule has 0 aliphatic carbocycles. The second kappa shape index (κ2) is 6.19. The Labute approximate surface area is 161 Å². The predicted octanol–water partition coefficient (Wildman–Crippen LogP) is 5.33. The molecule has 0 bridgehead atoms. The minimum absolute atomic E-state index is 0.609. The summed E-state index contributed by atoms with van der Waals surface area (Å²) in [5, 5.41) is 9.04. The standard InChI is InChI=1S/C23H13N5/c1-25-18-7-9-19-17(11-18)12-21(26-19)15-3-5-16(6-4-15)23-27-20-8-2-14(13-24)10-22(20)28-23/h2-11H,12H2,(H,27,28). The van der Waals surface area contributed by atoms with Gasteiger partial charge in [-0.15, -0.1) is 0 Å². The summed E-state index contributed by atoms with van der Waals surface area (Å²) in [6.07, 6.45) is 0.736. The van der Waals surface area contributed by atoms with Crippen molar-refractivity contribution in [3.05, 3.63) is 88.8 Å². The van der Waals surface area contributed by atoms with Gasteiger partial charge in [0.05, 0.1) is 40.6 Å². The molecule has 0 fully saturated rings. The third-order valence-corrected chi connectivity index (χ3v) is 4.91. The Morgan fingerprint density at radius 1 is 1.00 bits per heavy atom. The predicted molar refractivity (Wildman–Crippen MR) is 109 cm³/mol.